The molecule has 0 bridgehead atoms. The Morgan fingerprint density at radius 3 is 2.67 bits per heavy atom. The lowest BCUT2D eigenvalue weighted by molar-refractivity contribution is -0.117. The van der Waals surface area contributed by atoms with E-state index in [9.17, 15) is 4.79 Å². The number of allylic oxidation sites excluding steroid dienone is 2. The Morgan fingerprint density at radius 2 is 2.08 bits per heavy atom. The summed E-state index contributed by atoms with van der Waals surface area (Å²) in [5, 5.41) is 3.02. The van der Waals surface area contributed by atoms with Gasteiger partial charge >= 0.3 is 0 Å². The molecule has 1 aliphatic heterocycles. The minimum absolute atomic E-state index is 0.0528. The fraction of sp³-hybridized carbons (Fsp3) is 0.500. The lowest BCUT2D eigenvalue weighted by Crippen LogP contribution is -2.28. The van der Waals surface area contributed by atoms with E-state index in [2.05, 4.69) is 25.2 Å². The first kappa shape index (κ1) is 9.04. The van der Waals surface area contributed by atoms with Gasteiger partial charge in [-0.15, -0.1) is 0 Å². The van der Waals surface area contributed by atoms with Crippen LogP contribution in [0.15, 0.2) is 24.4 Å². The number of Topliss-reactive ketones (excluding diaryl/α,β-unsaturated/α-hetero) is 1. The van der Waals surface area contributed by atoms with E-state index in [4.69, 9.17) is 0 Å². The van der Waals surface area contributed by atoms with Gasteiger partial charge in [-0.25, -0.2) is 0 Å². The molecule has 0 aliphatic carbocycles. The van der Waals surface area contributed by atoms with Crippen LogP contribution in [0.5, 0.6) is 0 Å². The molecular formula is C10H15NO. The molecule has 1 aliphatic rings. The number of nitrogens with one attached hydrogen (secondary N) is 1. The van der Waals surface area contributed by atoms with Crippen LogP contribution in [-0.2, 0) is 4.79 Å². The van der Waals surface area contributed by atoms with Crippen LogP contribution in [0.3, 0.4) is 0 Å². The van der Waals surface area contributed by atoms with E-state index >= 15 is 0 Å². The largest absolute Gasteiger partial charge is 0.378 e. The van der Waals surface area contributed by atoms with Crippen molar-refractivity contribution in [3.05, 3.63) is 24.4 Å². The van der Waals surface area contributed by atoms with Gasteiger partial charge in [0.1, 0.15) is 6.04 Å². The molecule has 0 spiro atoms. The summed E-state index contributed by atoms with van der Waals surface area (Å²) in [5.74, 6) is 0.147. The van der Waals surface area contributed by atoms with Crippen LogP contribution < -0.4 is 5.32 Å². The minimum atomic E-state index is -0.150. The second kappa shape index (κ2) is 3.13. The van der Waals surface area contributed by atoms with Crippen molar-refractivity contribution in [2.24, 2.45) is 5.41 Å². The minimum Gasteiger partial charge on any atom is -0.378 e. The van der Waals surface area contributed by atoms with Gasteiger partial charge < -0.3 is 5.32 Å². The van der Waals surface area contributed by atoms with Crippen LogP contribution in [0.4, 0.5) is 0 Å². The fourth-order valence-corrected chi connectivity index (χ4v) is 1.07. The van der Waals surface area contributed by atoms with Gasteiger partial charge in [-0.05, 0) is 13.1 Å². The molecule has 0 aromatic carbocycles. The molecule has 0 aromatic heterocycles. The maximum atomic E-state index is 11.0. The van der Waals surface area contributed by atoms with E-state index in [1.165, 1.54) is 0 Å². The van der Waals surface area contributed by atoms with E-state index in [0.29, 0.717) is 0 Å². The Kier molecular flexibility index (Phi) is 2.36. The highest BCUT2D eigenvalue weighted by Gasteiger charge is 2.15. The lowest BCUT2D eigenvalue weighted by Gasteiger charge is -2.11. The molecule has 1 unspecified atom stereocenters. The summed E-state index contributed by atoms with van der Waals surface area (Å²) in [6.45, 7) is 5.79. The van der Waals surface area contributed by atoms with E-state index in [0.717, 1.165) is 0 Å². The first-order valence-electron chi connectivity index (χ1n) is 4.15. The molecule has 1 rings (SSSR count). The average molecular weight is 165 g/mol. The average Bonchev–Trinajstić information content (AvgIpc) is 2.10. The van der Waals surface area contributed by atoms with Crippen molar-refractivity contribution in [3.63, 3.8) is 0 Å². The highest BCUT2D eigenvalue weighted by atomic mass is 16.1. The highest BCUT2D eigenvalue weighted by Crippen LogP contribution is 2.20. The Balaban J connectivity index is 2.79. The highest BCUT2D eigenvalue weighted by molar-refractivity contribution is 5.83. The maximum Gasteiger partial charge on any atom is 0.155 e. The monoisotopic (exact) mass is 165 g/mol. The smallest absolute Gasteiger partial charge is 0.155 e. The SMILES string of the molecule is CC(=O)C1C=CC(C)(C)C=CN1. The Labute approximate surface area is 73.4 Å². The molecule has 0 saturated heterocycles. The summed E-state index contributed by atoms with van der Waals surface area (Å²) in [7, 11) is 0. The quantitative estimate of drug-likeness (QED) is 0.598. The predicted molar refractivity (Wildman–Crippen MR) is 49.7 cm³/mol. The van der Waals surface area contributed by atoms with Crippen molar-refractivity contribution in [2.45, 2.75) is 26.8 Å². The van der Waals surface area contributed by atoms with E-state index in [1.807, 2.05) is 18.4 Å². The van der Waals surface area contributed by atoms with Crippen LogP contribution in [-0.4, -0.2) is 11.8 Å². The predicted octanol–water partition coefficient (Wildman–Crippen LogP) is 1.64. The third kappa shape index (κ3) is 2.22. The molecular weight excluding hydrogens is 150 g/mol. The van der Waals surface area contributed by atoms with Crippen LogP contribution >= 0.6 is 0 Å². The number of rotatable bonds is 1. The molecule has 0 radical (unpaired) electrons. The molecule has 0 amide bonds. The normalized spacial score (nSPS) is 26.1. The van der Waals surface area contributed by atoms with Crippen molar-refractivity contribution in [1.82, 2.24) is 5.32 Å². The molecule has 1 N–H and O–H groups in total. The van der Waals surface area contributed by atoms with Gasteiger partial charge in [-0.1, -0.05) is 32.1 Å². The summed E-state index contributed by atoms with van der Waals surface area (Å²) in [4.78, 5) is 11.0. The van der Waals surface area contributed by atoms with Crippen LogP contribution in [0, 0.1) is 5.41 Å². The fourth-order valence-electron chi connectivity index (χ4n) is 1.07. The van der Waals surface area contributed by atoms with Gasteiger partial charge in [-0.3, -0.25) is 4.79 Å². The number of hydrogen-bond donors (Lipinski definition) is 1. The molecule has 2 nitrogen and oxygen atoms in total. The summed E-state index contributed by atoms with van der Waals surface area (Å²) in [6.07, 6.45) is 7.87. The van der Waals surface area contributed by atoms with Gasteiger partial charge in [0.05, 0.1) is 0 Å². The van der Waals surface area contributed by atoms with Gasteiger partial charge in [0.25, 0.3) is 0 Å². The first-order valence-corrected chi connectivity index (χ1v) is 4.15. The molecule has 0 fully saturated rings. The number of carbonyl (C=O) groups excluding carboxylic acids is 1. The number of ketones is 1. The second-order valence-electron chi connectivity index (χ2n) is 3.77. The van der Waals surface area contributed by atoms with Crippen molar-refractivity contribution in [3.8, 4) is 0 Å². The maximum absolute atomic E-state index is 11.0. The van der Waals surface area contributed by atoms with Gasteiger partial charge in [0, 0.05) is 5.41 Å². The topological polar surface area (TPSA) is 29.1 Å². The Bertz CT molecular complexity index is 238. The third-order valence-corrected chi connectivity index (χ3v) is 1.94. The summed E-state index contributed by atoms with van der Waals surface area (Å²) < 4.78 is 0. The lowest BCUT2D eigenvalue weighted by atomic mass is 9.93. The standard InChI is InChI=1S/C10H15NO/c1-8(12)9-4-5-10(2,3)6-7-11-9/h4-7,9,11H,1-3H3. The van der Waals surface area contributed by atoms with Gasteiger partial charge in [-0.2, -0.15) is 0 Å². The second-order valence-corrected chi connectivity index (χ2v) is 3.77. The van der Waals surface area contributed by atoms with Crippen molar-refractivity contribution in [2.75, 3.05) is 0 Å². The molecule has 1 atom stereocenters. The summed E-state index contributed by atoms with van der Waals surface area (Å²) >= 11 is 0. The number of carbonyl (C=O) groups is 1. The van der Waals surface area contributed by atoms with Gasteiger partial charge in [0.15, 0.2) is 5.78 Å². The molecule has 66 valence electrons. The number of hydrogen-bond acceptors (Lipinski definition) is 2. The molecule has 2 heteroatoms. The van der Waals surface area contributed by atoms with Crippen LogP contribution in [0.25, 0.3) is 0 Å². The summed E-state index contributed by atoms with van der Waals surface area (Å²) in [5.41, 5.74) is 0.0528. The zero-order chi connectivity index (χ0) is 9.19. The van der Waals surface area contributed by atoms with Crippen LogP contribution in [0.1, 0.15) is 20.8 Å². The third-order valence-electron chi connectivity index (χ3n) is 1.94. The van der Waals surface area contributed by atoms with E-state index < -0.39 is 0 Å². The molecule has 0 aromatic rings. The zero-order valence-corrected chi connectivity index (χ0v) is 7.79. The van der Waals surface area contributed by atoms with E-state index in [-0.39, 0.29) is 17.2 Å². The first-order chi connectivity index (χ1) is 5.51. The molecule has 12 heavy (non-hydrogen) atoms. The van der Waals surface area contributed by atoms with E-state index in [1.54, 1.807) is 6.92 Å². The molecule has 0 saturated carbocycles. The van der Waals surface area contributed by atoms with Crippen molar-refractivity contribution >= 4 is 5.78 Å². The van der Waals surface area contributed by atoms with Crippen molar-refractivity contribution < 1.29 is 4.79 Å². The van der Waals surface area contributed by atoms with Crippen LogP contribution in [0.2, 0.25) is 0 Å². The van der Waals surface area contributed by atoms with Crippen molar-refractivity contribution in [1.29, 1.82) is 0 Å². The summed E-state index contributed by atoms with van der Waals surface area (Å²) in [6, 6.07) is -0.150. The van der Waals surface area contributed by atoms with Gasteiger partial charge in [0.2, 0.25) is 0 Å². The Hall–Kier alpha value is -1.05. The molecule has 1 heterocycles. The Morgan fingerprint density at radius 1 is 1.42 bits per heavy atom. The zero-order valence-electron chi connectivity index (χ0n) is 7.79.